The number of nitrogens with two attached hydrogens (primary N) is 1. The number of hydrogen-bond donors (Lipinski definition) is 1. The van der Waals surface area contributed by atoms with Crippen LogP contribution in [0.1, 0.15) is 25.7 Å². The summed E-state index contributed by atoms with van der Waals surface area (Å²) in [6.45, 7) is 3.42. The number of likely N-dealkylation sites (tertiary alicyclic amines) is 2. The Balaban J connectivity index is 1.49. The van der Waals surface area contributed by atoms with Crippen LogP contribution in [-0.4, -0.2) is 66.0 Å². The molecule has 0 bridgehead atoms. The summed E-state index contributed by atoms with van der Waals surface area (Å²) >= 11 is 0. The van der Waals surface area contributed by atoms with Crippen molar-refractivity contribution in [3.05, 3.63) is 22.9 Å². The summed E-state index contributed by atoms with van der Waals surface area (Å²) in [6.07, 6.45) is 8.56. The number of nitrogens with zero attached hydrogens (tertiary/aromatic N) is 5. The van der Waals surface area contributed by atoms with Crippen LogP contribution in [0.5, 0.6) is 0 Å². The molecule has 0 aromatic heterocycles. The molecule has 1 unspecified atom stereocenters. The first-order valence-electron chi connectivity index (χ1n) is 9.36. The lowest BCUT2D eigenvalue weighted by atomic mass is 9.89. The SMILES string of the molecule is N#CC1=C(N2CCC3(CC2)CC3)C2=CC(N3CC(N)C3)N=CC2=NC1=O. The summed E-state index contributed by atoms with van der Waals surface area (Å²) in [5.41, 5.74) is 8.84. The lowest BCUT2D eigenvalue weighted by Gasteiger charge is -2.42. The van der Waals surface area contributed by atoms with Gasteiger partial charge in [0.05, 0.1) is 17.6 Å². The van der Waals surface area contributed by atoms with Crippen molar-refractivity contribution in [1.82, 2.24) is 9.80 Å². The summed E-state index contributed by atoms with van der Waals surface area (Å²) in [5, 5.41) is 9.62. The maximum Gasteiger partial charge on any atom is 0.290 e. The Morgan fingerprint density at radius 1 is 1.23 bits per heavy atom. The van der Waals surface area contributed by atoms with Crippen LogP contribution in [0.25, 0.3) is 0 Å². The van der Waals surface area contributed by atoms with Crippen LogP contribution in [0, 0.1) is 16.7 Å². The predicted octanol–water partition coefficient (Wildman–Crippen LogP) is 0.601. The molecule has 2 saturated heterocycles. The standard InChI is InChI=1S/C19H22N6O/c20-8-14-17(24-5-3-19(1-2-19)4-6-24)13-7-16(25-10-12(21)11-25)22-9-15(13)23-18(14)26/h7,9,12,16H,1-6,10-11,21H2. The third-order valence-electron chi connectivity index (χ3n) is 6.39. The third-order valence-corrected chi connectivity index (χ3v) is 6.39. The number of fused-ring (bicyclic) bond motifs is 1. The van der Waals surface area contributed by atoms with Gasteiger partial charge in [-0.25, -0.2) is 4.99 Å². The highest BCUT2D eigenvalue weighted by Crippen LogP contribution is 2.54. The number of rotatable bonds is 2. The van der Waals surface area contributed by atoms with Crippen molar-refractivity contribution in [2.45, 2.75) is 37.9 Å². The Hall–Kier alpha value is -2.30. The van der Waals surface area contributed by atoms with Gasteiger partial charge in [-0.3, -0.25) is 14.7 Å². The van der Waals surface area contributed by atoms with Crippen LogP contribution in [0.4, 0.5) is 0 Å². The Labute approximate surface area is 152 Å². The molecule has 26 heavy (non-hydrogen) atoms. The fraction of sp³-hybridized carbons (Fsp3) is 0.579. The first-order chi connectivity index (χ1) is 12.6. The summed E-state index contributed by atoms with van der Waals surface area (Å²) in [4.78, 5) is 25.4. The van der Waals surface area contributed by atoms with Gasteiger partial charge < -0.3 is 10.6 Å². The predicted molar refractivity (Wildman–Crippen MR) is 97.5 cm³/mol. The fourth-order valence-electron chi connectivity index (χ4n) is 4.46. The van der Waals surface area contributed by atoms with Crippen LogP contribution in [0.3, 0.4) is 0 Å². The highest BCUT2D eigenvalue weighted by molar-refractivity contribution is 6.43. The Kier molecular flexibility index (Phi) is 3.43. The zero-order chi connectivity index (χ0) is 17.9. The van der Waals surface area contributed by atoms with Gasteiger partial charge in [0.15, 0.2) is 0 Å². The zero-order valence-corrected chi connectivity index (χ0v) is 14.7. The van der Waals surface area contributed by atoms with Crippen molar-refractivity contribution in [3.63, 3.8) is 0 Å². The number of aliphatic imine (C=N–C) groups is 2. The van der Waals surface area contributed by atoms with Crippen LogP contribution >= 0.6 is 0 Å². The summed E-state index contributed by atoms with van der Waals surface area (Å²) in [6, 6.07) is 2.31. The molecule has 1 amide bonds. The van der Waals surface area contributed by atoms with Crippen molar-refractivity contribution in [2.24, 2.45) is 21.1 Å². The van der Waals surface area contributed by atoms with Gasteiger partial charge in [-0.1, -0.05) is 0 Å². The molecule has 2 N–H and O–H groups in total. The molecule has 4 heterocycles. The van der Waals surface area contributed by atoms with E-state index in [0.717, 1.165) is 50.3 Å². The largest absolute Gasteiger partial charge is 0.370 e. The van der Waals surface area contributed by atoms with Gasteiger partial charge in [-0.2, -0.15) is 5.26 Å². The summed E-state index contributed by atoms with van der Waals surface area (Å²) < 4.78 is 0. The maximum atomic E-state index is 12.4. The first kappa shape index (κ1) is 15.9. The smallest absolute Gasteiger partial charge is 0.290 e. The molecule has 4 aliphatic heterocycles. The Morgan fingerprint density at radius 3 is 2.58 bits per heavy atom. The average Bonchev–Trinajstić information content (AvgIpc) is 3.37. The minimum absolute atomic E-state index is 0.0912. The molecule has 134 valence electrons. The van der Waals surface area contributed by atoms with Gasteiger partial charge in [-0.15, -0.1) is 0 Å². The minimum atomic E-state index is -0.447. The van der Waals surface area contributed by atoms with E-state index in [1.807, 2.05) is 6.08 Å². The topological polar surface area (TPSA) is 98.1 Å². The number of amides is 1. The number of piperidine rings is 1. The zero-order valence-electron chi connectivity index (χ0n) is 14.7. The third kappa shape index (κ3) is 2.44. The highest BCUT2D eigenvalue weighted by atomic mass is 16.1. The fourth-order valence-corrected chi connectivity index (χ4v) is 4.46. The average molecular weight is 350 g/mol. The second-order valence-electron chi connectivity index (χ2n) is 8.11. The van der Waals surface area contributed by atoms with Crippen LogP contribution in [0.15, 0.2) is 32.9 Å². The van der Waals surface area contributed by atoms with Crippen molar-refractivity contribution >= 4 is 17.8 Å². The van der Waals surface area contributed by atoms with Gasteiger partial charge in [0, 0.05) is 37.8 Å². The van der Waals surface area contributed by atoms with Crippen molar-refractivity contribution in [1.29, 1.82) is 5.26 Å². The molecule has 1 aliphatic carbocycles. The van der Waals surface area contributed by atoms with Crippen LogP contribution in [0.2, 0.25) is 0 Å². The number of hydrogen-bond acceptors (Lipinski definition) is 6. The Bertz CT molecular complexity index is 825. The van der Waals surface area contributed by atoms with E-state index in [0.29, 0.717) is 11.1 Å². The van der Waals surface area contributed by atoms with Gasteiger partial charge in [-0.05, 0) is 37.2 Å². The van der Waals surface area contributed by atoms with E-state index in [2.05, 4.69) is 25.9 Å². The molecular weight excluding hydrogens is 328 g/mol. The van der Waals surface area contributed by atoms with Crippen LogP contribution in [-0.2, 0) is 4.79 Å². The van der Waals surface area contributed by atoms with E-state index < -0.39 is 5.91 Å². The van der Waals surface area contributed by atoms with Crippen molar-refractivity contribution in [2.75, 3.05) is 26.2 Å². The number of carbonyl (C=O) groups is 1. The molecule has 5 aliphatic rings. The van der Waals surface area contributed by atoms with E-state index >= 15 is 0 Å². The molecule has 0 aromatic rings. The summed E-state index contributed by atoms with van der Waals surface area (Å²) in [5.74, 6) is -0.447. The van der Waals surface area contributed by atoms with E-state index in [9.17, 15) is 10.1 Å². The van der Waals surface area contributed by atoms with E-state index in [4.69, 9.17) is 5.73 Å². The van der Waals surface area contributed by atoms with E-state index in [1.54, 1.807) is 6.21 Å². The molecule has 0 aromatic carbocycles. The minimum Gasteiger partial charge on any atom is -0.370 e. The van der Waals surface area contributed by atoms with Crippen molar-refractivity contribution in [3.8, 4) is 6.07 Å². The maximum absolute atomic E-state index is 12.4. The molecule has 7 heteroatoms. The van der Waals surface area contributed by atoms with E-state index in [-0.39, 0.29) is 17.8 Å². The van der Waals surface area contributed by atoms with Crippen LogP contribution < -0.4 is 5.73 Å². The second-order valence-corrected chi connectivity index (χ2v) is 8.11. The number of dihydropyridines is 2. The van der Waals surface area contributed by atoms with Gasteiger partial charge in [0.1, 0.15) is 17.8 Å². The molecule has 1 saturated carbocycles. The molecule has 1 spiro atoms. The number of nitriles is 1. The molecule has 0 radical (unpaired) electrons. The highest BCUT2D eigenvalue weighted by Gasteiger charge is 2.46. The number of carbonyl (C=O) groups excluding carboxylic acids is 1. The lowest BCUT2D eigenvalue weighted by Crippen LogP contribution is -2.59. The molecular formula is C19H22N6O. The van der Waals surface area contributed by atoms with Crippen molar-refractivity contribution < 1.29 is 4.79 Å². The van der Waals surface area contributed by atoms with Gasteiger partial charge in [0.2, 0.25) is 0 Å². The quantitative estimate of drug-likeness (QED) is 0.786. The summed E-state index contributed by atoms with van der Waals surface area (Å²) in [7, 11) is 0. The first-order valence-corrected chi connectivity index (χ1v) is 9.36. The molecule has 5 rings (SSSR count). The Morgan fingerprint density at radius 2 is 1.96 bits per heavy atom. The number of allylic oxidation sites excluding steroid dienone is 1. The lowest BCUT2D eigenvalue weighted by molar-refractivity contribution is -0.114. The van der Waals surface area contributed by atoms with Gasteiger partial charge >= 0.3 is 0 Å². The molecule has 1 atom stereocenters. The van der Waals surface area contributed by atoms with E-state index in [1.165, 1.54) is 12.8 Å². The second kappa shape index (κ2) is 5.60. The normalized spacial score (nSPS) is 30.5. The molecule has 7 nitrogen and oxygen atoms in total. The van der Waals surface area contributed by atoms with Gasteiger partial charge in [0.25, 0.3) is 5.91 Å². The molecule has 3 fully saturated rings. The monoisotopic (exact) mass is 350 g/mol.